The Labute approximate surface area is 151 Å². The van der Waals surface area contributed by atoms with Gasteiger partial charge in [0, 0.05) is 50.5 Å². The van der Waals surface area contributed by atoms with Gasteiger partial charge in [0.15, 0.2) is 0 Å². The first kappa shape index (κ1) is 17.3. The van der Waals surface area contributed by atoms with E-state index in [1.54, 1.807) is 12.1 Å². The second kappa shape index (κ2) is 8.05. The van der Waals surface area contributed by atoms with Gasteiger partial charge in [-0.1, -0.05) is 19.3 Å². The Bertz CT molecular complexity index is 533. The lowest BCUT2D eigenvalue weighted by Gasteiger charge is -2.46. The molecular weight excluding hydrogens is 313 g/mol. The summed E-state index contributed by atoms with van der Waals surface area (Å²) in [4.78, 5) is 7.92. The Morgan fingerprint density at radius 1 is 0.680 bits per heavy atom. The summed E-state index contributed by atoms with van der Waals surface area (Å²) in [6.45, 7) is 7.00. The maximum absolute atomic E-state index is 13.1. The van der Waals surface area contributed by atoms with Crippen LogP contribution in [0.4, 0.5) is 10.1 Å². The molecule has 2 heterocycles. The highest BCUT2D eigenvalue weighted by Gasteiger charge is 2.31. The molecule has 3 nitrogen and oxygen atoms in total. The van der Waals surface area contributed by atoms with E-state index < -0.39 is 0 Å². The first-order chi connectivity index (χ1) is 12.3. The van der Waals surface area contributed by atoms with Gasteiger partial charge in [-0.25, -0.2) is 4.39 Å². The molecule has 1 saturated carbocycles. The molecule has 0 amide bonds. The van der Waals surface area contributed by atoms with Crippen LogP contribution in [0.2, 0.25) is 0 Å². The third-order valence-corrected chi connectivity index (χ3v) is 6.54. The Hall–Kier alpha value is -1.13. The fraction of sp³-hybridized carbons (Fsp3) is 0.714. The van der Waals surface area contributed by atoms with Gasteiger partial charge >= 0.3 is 0 Å². The molecule has 0 N–H and O–H groups in total. The largest absolute Gasteiger partial charge is 0.369 e. The fourth-order valence-electron chi connectivity index (χ4n) is 5.06. The summed E-state index contributed by atoms with van der Waals surface area (Å²) in [5.41, 5.74) is 1.16. The van der Waals surface area contributed by atoms with Crippen molar-refractivity contribution < 1.29 is 4.39 Å². The lowest BCUT2D eigenvalue weighted by atomic mass is 9.91. The number of likely N-dealkylation sites (tertiary alicyclic amines) is 1. The van der Waals surface area contributed by atoms with E-state index in [0.717, 1.165) is 44.0 Å². The third-order valence-electron chi connectivity index (χ3n) is 6.54. The molecule has 2 saturated heterocycles. The predicted molar refractivity (Wildman–Crippen MR) is 102 cm³/mol. The van der Waals surface area contributed by atoms with Crippen LogP contribution in [-0.4, -0.2) is 61.2 Å². The average molecular weight is 346 g/mol. The number of piperazine rings is 1. The summed E-state index contributed by atoms with van der Waals surface area (Å²) >= 11 is 0. The summed E-state index contributed by atoms with van der Waals surface area (Å²) in [6, 6.07) is 8.57. The van der Waals surface area contributed by atoms with Crippen molar-refractivity contribution in [1.29, 1.82) is 0 Å². The maximum Gasteiger partial charge on any atom is 0.123 e. The highest BCUT2D eigenvalue weighted by atomic mass is 19.1. The first-order valence-corrected chi connectivity index (χ1v) is 10.3. The van der Waals surface area contributed by atoms with Gasteiger partial charge in [-0.3, -0.25) is 9.80 Å². The van der Waals surface area contributed by atoms with Crippen molar-refractivity contribution >= 4 is 5.69 Å². The highest BCUT2D eigenvalue weighted by molar-refractivity contribution is 5.46. The van der Waals surface area contributed by atoms with Crippen molar-refractivity contribution in [2.45, 2.75) is 57.0 Å². The van der Waals surface area contributed by atoms with Crippen LogP contribution in [-0.2, 0) is 0 Å². The van der Waals surface area contributed by atoms with Gasteiger partial charge in [-0.2, -0.15) is 0 Å². The second-order valence-corrected chi connectivity index (χ2v) is 8.08. The number of benzene rings is 1. The van der Waals surface area contributed by atoms with Gasteiger partial charge in [-0.15, -0.1) is 0 Å². The molecule has 0 spiro atoms. The molecule has 2 aliphatic heterocycles. The van der Waals surface area contributed by atoms with Gasteiger partial charge in [0.25, 0.3) is 0 Å². The Morgan fingerprint density at radius 2 is 1.36 bits per heavy atom. The molecule has 3 fully saturated rings. The summed E-state index contributed by atoms with van der Waals surface area (Å²) in [5.74, 6) is -0.146. The van der Waals surface area contributed by atoms with Gasteiger partial charge in [0.1, 0.15) is 5.82 Å². The molecule has 1 aromatic carbocycles. The smallest absolute Gasteiger partial charge is 0.123 e. The van der Waals surface area contributed by atoms with Gasteiger partial charge in [0.2, 0.25) is 0 Å². The van der Waals surface area contributed by atoms with Crippen molar-refractivity contribution in [3.63, 3.8) is 0 Å². The Kier molecular flexibility index (Phi) is 5.57. The number of piperidine rings is 1. The van der Waals surface area contributed by atoms with Crippen LogP contribution in [0.15, 0.2) is 24.3 Å². The number of hydrogen-bond donors (Lipinski definition) is 0. The Balaban J connectivity index is 1.30. The predicted octanol–water partition coefficient (Wildman–Crippen LogP) is 3.74. The molecule has 1 unspecified atom stereocenters. The van der Waals surface area contributed by atoms with Crippen molar-refractivity contribution in [3.05, 3.63) is 30.1 Å². The van der Waals surface area contributed by atoms with E-state index in [1.807, 2.05) is 12.1 Å². The van der Waals surface area contributed by atoms with E-state index in [4.69, 9.17) is 0 Å². The number of rotatable bonds is 3. The second-order valence-electron chi connectivity index (χ2n) is 8.08. The van der Waals surface area contributed by atoms with Crippen LogP contribution in [0.5, 0.6) is 0 Å². The highest BCUT2D eigenvalue weighted by Crippen LogP contribution is 2.27. The molecule has 0 radical (unpaired) electrons. The third kappa shape index (κ3) is 4.17. The first-order valence-electron chi connectivity index (χ1n) is 10.3. The molecule has 0 bridgehead atoms. The Morgan fingerprint density at radius 3 is 2.08 bits per heavy atom. The quantitative estimate of drug-likeness (QED) is 0.826. The van der Waals surface area contributed by atoms with Crippen molar-refractivity contribution in [2.24, 2.45) is 0 Å². The topological polar surface area (TPSA) is 9.72 Å². The number of anilines is 1. The minimum absolute atomic E-state index is 0.146. The molecule has 138 valence electrons. The molecule has 4 heteroatoms. The lowest BCUT2D eigenvalue weighted by Crippen LogP contribution is -2.56. The minimum atomic E-state index is -0.146. The van der Waals surface area contributed by atoms with E-state index in [-0.39, 0.29) is 5.82 Å². The summed E-state index contributed by atoms with van der Waals surface area (Å²) in [5, 5.41) is 0. The molecule has 0 aromatic heterocycles. The van der Waals surface area contributed by atoms with Crippen LogP contribution < -0.4 is 4.90 Å². The van der Waals surface area contributed by atoms with E-state index in [9.17, 15) is 4.39 Å². The van der Waals surface area contributed by atoms with E-state index >= 15 is 0 Å². The van der Waals surface area contributed by atoms with Gasteiger partial charge in [-0.05, 0) is 56.5 Å². The minimum Gasteiger partial charge on any atom is -0.369 e. The number of hydrogen-bond acceptors (Lipinski definition) is 3. The van der Waals surface area contributed by atoms with Crippen LogP contribution >= 0.6 is 0 Å². The SMILES string of the molecule is Fc1ccc(N2CCN(C3CCCN(C4CCCCC4)C3)CC2)cc1. The lowest BCUT2D eigenvalue weighted by molar-refractivity contribution is 0.0553. The van der Waals surface area contributed by atoms with E-state index in [2.05, 4.69) is 14.7 Å². The van der Waals surface area contributed by atoms with Gasteiger partial charge < -0.3 is 4.90 Å². The van der Waals surface area contributed by atoms with Crippen LogP contribution in [0, 0.1) is 5.82 Å². The average Bonchev–Trinajstić information content (AvgIpc) is 2.70. The van der Waals surface area contributed by atoms with Crippen LogP contribution in [0.25, 0.3) is 0 Å². The number of nitrogens with zero attached hydrogens (tertiary/aromatic N) is 3. The van der Waals surface area contributed by atoms with Crippen LogP contribution in [0.3, 0.4) is 0 Å². The molecule has 1 aliphatic carbocycles. The summed E-state index contributed by atoms with van der Waals surface area (Å²) in [7, 11) is 0. The van der Waals surface area contributed by atoms with Crippen molar-refractivity contribution in [1.82, 2.24) is 9.80 Å². The van der Waals surface area contributed by atoms with Gasteiger partial charge in [0.05, 0.1) is 0 Å². The molecule has 4 rings (SSSR count). The molecule has 1 atom stereocenters. The van der Waals surface area contributed by atoms with Crippen molar-refractivity contribution in [3.8, 4) is 0 Å². The van der Waals surface area contributed by atoms with Crippen molar-refractivity contribution in [2.75, 3.05) is 44.2 Å². The molecular formula is C21H32FN3. The van der Waals surface area contributed by atoms with E-state index in [0.29, 0.717) is 0 Å². The summed E-state index contributed by atoms with van der Waals surface area (Å²) < 4.78 is 13.1. The normalized spacial score (nSPS) is 27.6. The summed E-state index contributed by atoms with van der Waals surface area (Å²) in [6.07, 6.45) is 9.87. The molecule has 25 heavy (non-hydrogen) atoms. The molecule has 3 aliphatic rings. The maximum atomic E-state index is 13.1. The monoisotopic (exact) mass is 345 g/mol. The fourth-order valence-corrected chi connectivity index (χ4v) is 5.06. The molecule has 1 aromatic rings. The van der Waals surface area contributed by atoms with Crippen LogP contribution in [0.1, 0.15) is 44.9 Å². The zero-order valence-corrected chi connectivity index (χ0v) is 15.4. The standard InChI is InChI=1S/C21H32FN3/c22-18-8-10-20(11-9-18)23-13-15-24(16-14-23)21-7-4-12-25(17-21)19-5-2-1-3-6-19/h8-11,19,21H,1-7,12-17H2. The van der Waals surface area contributed by atoms with E-state index in [1.165, 1.54) is 58.0 Å². The zero-order chi connectivity index (χ0) is 17.1. The number of halogens is 1. The zero-order valence-electron chi connectivity index (χ0n) is 15.4.